The summed E-state index contributed by atoms with van der Waals surface area (Å²) in [4.78, 5) is 0. The predicted octanol–water partition coefficient (Wildman–Crippen LogP) is 9.09. The van der Waals surface area contributed by atoms with Crippen LogP contribution in [0.4, 0.5) is 0 Å². The molecule has 0 bridgehead atoms. The van der Waals surface area contributed by atoms with Gasteiger partial charge in [0.2, 0.25) is 0 Å². The minimum atomic E-state index is 0.589. The molecule has 0 radical (unpaired) electrons. The summed E-state index contributed by atoms with van der Waals surface area (Å²) in [6, 6.07) is 0. The van der Waals surface area contributed by atoms with Crippen LogP contribution < -0.4 is 0 Å². The van der Waals surface area contributed by atoms with Crippen molar-refractivity contribution in [2.45, 2.75) is 148 Å². The lowest BCUT2D eigenvalue weighted by atomic mass is 9.70. The number of hydrogen-bond acceptors (Lipinski definition) is 1. The topological polar surface area (TPSA) is 9.23 Å². The fraction of sp³-hybridized carbons (Fsp3) is 1.00. The SMILES string of the molecule is CCCCCCCCCCCCOC1CCC(C2CCC(CCC)CC2)CC1. The number of rotatable bonds is 15. The Hall–Kier alpha value is -0.0400. The first-order valence-electron chi connectivity index (χ1n) is 13.4. The molecule has 0 aromatic carbocycles. The molecular weight excluding hydrogens is 340 g/mol. The summed E-state index contributed by atoms with van der Waals surface area (Å²) in [5.74, 6) is 3.14. The summed E-state index contributed by atoms with van der Waals surface area (Å²) in [5.41, 5.74) is 0. The molecule has 0 aliphatic heterocycles. The van der Waals surface area contributed by atoms with Gasteiger partial charge in [-0.3, -0.25) is 0 Å². The fourth-order valence-corrected chi connectivity index (χ4v) is 5.92. The van der Waals surface area contributed by atoms with Gasteiger partial charge in [-0.1, -0.05) is 97.3 Å². The van der Waals surface area contributed by atoms with Gasteiger partial charge in [-0.05, 0) is 62.7 Å². The van der Waals surface area contributed by atoms with Crippen LogP contribution in [0.5, 0.6) is 0 Å². The maximum absolute atomic E-state index is 6.24. The first-order valence-corrected chi connectivity index (χ1v) is 13.4. The van der Waals surface area contributed by atoms with Crippen molar-refractivity contribution in [3.63, 3.8) is 0 Å². The molecule has 1 nitrogen and oxygen atoms in total. The second-order valence-corrected chi connectivity index (χ2v) is 10.2. The maximum Gasteiger partial charge on any atom is 0.0575 e. The quantitative estimate of drug-likeness (QED) is 0.252. The monoisotopic (exact) mass is 392 g/mol. The Bertz CT molecular complexity index is 336. The van der Waals surface area contributed by atoms with Crippen LogP contribution in [0.2, 0.25) is 0 Å². The minimum Gasteiger partial charge on any atom is -0.378 e. The summed E-state index contributed by atoms with van der Waals surface area (Å²) in [6.07, 6.45) is 29.3. The molecule has 2 fully saturated rings. The second kappa shape index (κ2) is 15.8. The summed E-state index contributed by atoms with van der Waals surface area (Å²) in [6.45, 7) is 5.67. The van der Waals surface area contributed by atoms with Crippen LogP contribution in [0.15, 0.2) is 0 Å². The first kappa shape index (κ1) is 24.2. The van der Waals surface area contributed by atoms with Gasteiger partial charge in [0.25, 0.3) is 0 Å². The van der Waals surface area contributed by atoms with E-state index >= 15 is 0 Å². The molecule has 2 saturated carbocycles. The molecule has 2 rings (SSSR count). The molecule has 0 aromatic heterocycles. The molecule has 2 aliphatic carbocycles. The smallest absolute Gasteiger partial charge is 0.0575 e. The van der Waals surface area contributed by atoms with E-state index in [0.717, 1.165) is 24.4 Å². The lowest BCUT2D eigenvalue weighted by Crippen LogP contribution is -2.28. The van der Waals surface area contributed by atoms with Crippen molar-refractivity contribution in [1.29, 1.82) is 0 Å². The van der Waals surface area contributed by atoms with E-state index in [4.69, 9.17) is 4.74 Å². The fourth-order valence-electron chi connectivity index (χ4n) is 5.92. The van der Waals surface area contributed by atoms with Gasteiger partial charge in [-0.2, -0.15) is 0 Å². The third-order valence-corrected chi connectivity index (χ3v) is 7.83. The van der Waals surface area contributed by atoms with Gasteiger partial charge in [-0.15, -0.1) is 0 Å². The van der Waals surface area contributed by atoms with Crippen molar-refractivity contribution < 1.29 is 4.74 Å². The number of ether oxygens (including phenoxy) is 1. The Kier molecular flexibility index (Phi) is 13.6. The Balaban J connectivity index is 1.39. The molecule has 0 atom stereocenters. The molecule has 2 aliphatic rings. The highest BCUT2D eigenvalue weighted by Crippen LogP contribution is 2.41. The van der Waals surface area contributed by atoms with Gasteiger partial charge in [0.05, 0.1) is 6.10 Å². The standard InChI is InChI=1S/C27H52O/c1-3-5-6-7-8-9-10-11-12-13-23-28-27-21-19-26(20-22-27)25-17-15-24(14-4-2)16-18-25/h24-27H,3-23H2,1-2H3. The van der Waals surface area contributed by atoms with Crippen LogP contribution in [-0.4, -0.2) is 12.7 Å². The Morgan fingerprint density at radius 1 is 0.536 bits per heavy atom. The van der Waals surface area contributed by atoms with Crippen molar-refractivity contribution in [3.8, 4) is 0 Å². The molecule has 0 N–H and O–H groups in total. The Labute approximate surface area is 177 Å². The van der Waals surface area contributed by atoms with E-state index in [1.165, 1.54) is 128 Å². The number of unbranched alkanes of at least 4 members (excludes halogenated alkanes) is 9. The predicted molar refractivity (Wildman–Crippen MR) is 124 cm³/mol. The van der Waals surface area contributed by atoms with E-state index < -0.39 is 0 Å². The summed E-state index contributed by atoms with van der Waals surface area (Å²) in [7, 11) is 0. The van der Waals surface area contributed by atoms with Crippen molar-refractivity contribution in [1.82, 2.24) is 0 Å². The van der Waals surface area contributed by atoms with E-state index in [0.29, 0.717) is 6.10 Å². The molecule has 0 amide bonds. The Morgan fingerprint density at radius 2 is 1.04 bits per heavy atom. The van der Waals surface area contributed by atoms with E-state index in [1.807, 2.05) is 0 Å². The van der Waals surface area contributed by atoms with Crippen molar-refractivity contribution in [3.05, 3.63) is 0 Å². The highest BCUT2D eigenvalue weighted by atomic mass is 16.5. The molecule has 0 saturated heterocycles. The van der Waals surface area contributed by atoms with Gasteiger partial charge in [0, 0.05) is 6.61 Å². The van der Waals surface area contributed by atoms with Crippen LogP contribution in [0.1, 0.15) is 142 Å². The summed E-state index contributed by atoms with van der Waals surface area (Å²) < 4.78 is 6.24. The zero-order chi connectivity index (χ0) is 19.9. The maximum atomic E-state index is 6.24. The summed E-state index contributed by atoms with van der Waals surface area (Å²) in [5, 5.41) is 0. The van der Waals surface area contributed by atoms with Gasteiger partial charge in [0.15, 0.2) is 0 Å². The van der Waals surface area contributed by atoms with Gasteiger partial charge in [0.1, 0.15) is 0 Å². The third-order valence-electron chi connectivity index (χ3n) is 7.83. The molecule has 28 heavy (non-hydrogen) atoms. The first-order chi connectivity index (χ1) is 13.8. The van der Waals surface area contributed by atoms with E-state index in [9.17, 15) is 0 Å². The van der Waals surface area contributed by atoms with Crippen molar-refractivity contribution >= 4 is 0 Å². The lowest BCUT2D eigenvalue weighted by molar-refractivity contribution is 0.00528. The van der Waals surface area contributed by atoms with Gasteiger partial charge >= 0.3 is 0 Å². The van der Waals surface area contributed by atoms with Crippen LogP contribution in [0, 0.1) is 17.8 Å². The largest absolute Gasteiger partial charge is 0.378 e. The average molecular weight is 393 g/mol. The van der Waals surface area contributed by atoms with Crippen molar-refractivity contribution in [2.24, 2.45) is 17.8 Å². The minimum absolute atomic E-state index is 0.589. The molecule has 0 aromatic rings. The average Bonchev–Trinajstić information content (AvgIpc) is 2.73. The van der Waals surface area contributed by atoms with Crippen LogP contribution >= 0.6 is 0 Å². The van der Waals surface area contributed by atoms with Gasteiger partial charge < -0.3 is 4.74 Å². The number of hydrogen-bond donors (Lipinski definition) is 0. The Morgan fingerprint density at radius 3 is 1.57 bits per heavy atom. The molecule has 1 heteroatoms. The van der Waals surface area contributed by atoms with Crippen LogP contribution in [-0.2, 0) is 4.74 Å². The zero-order valence-corrected chi connectivity index (χ0v) is 19.6. The molecule has 0 unspecified atom stereocenters. The highest BCUT2D eigenvalue weighted by molar-refractivity contribution is 4.82. The normalized spacial score (nSPS) is 28.5. The van der Waals surface area contributed by atoms with Crippen molar-refractivity contribution in [2.75, 3.05) is 6.61 Å². The molecule has 0 heterocycles. The van der Waals surface area contributed by atoms with Crippen LogP contribution in [0.3, 0.4) is 0 Å². The van der Waals surface area contributed by atoms with Gasteiger partial charge in [-0.25, -0.2) is 0 Å². The molecule has 0 spiro atoms. The molecular formula is C27H52O. The van der Waals surface area contributed by atoms with E-state index in [1.54, 1.807) is 0 Å². The second-order valence-electron chi connectivity index (χ2n) is 10.2. The van der Waals surface area contributed by atoms with E-state index in [-0.39, 0.29) is 0 Å². The zero-order valence-electron chi connectivity index (χ0n) is 19.6. The van der Waals surface area contributed by atoms with Crippen LogP contribution in [0.25, 0.3) is 0 Å². The molecule has 166 valence electrons. The lowest BCUT2D eigenvalue weighted by Gasteiger charge is -2.37. The summed E-state index contributed by atoms with van der Waals surface area (Å²) >= 11 is 0. The highest BCUT2D eigenvalue weighted by Gasteiger charge is 2.30. The third kappa shape index (κ3) is 10.1. The van der Waals surface area contributed by atoms with E-state index in [2.05, 4.69) is 13.8 Å².